The van der Waals surface area contributed by atoms with Gasteiger partial charge in [-0.25, -0.2) is 9.97 Å². The molecular formula is C24H20N8. The van der Waals surface area contributed by atoms with Gasteiger partial charge in [-0.2, -0.15) is 5.10 Å². The number of aromatic nitrogens is 7. The molecule has 4 aromatic heterocycles. The number of pyridine rings is 1. The lowest BCUT2D eigenvalue weighted by Gasteiger charge is -2.05. The van der Waals surface area contributed by atoms with E-state index in [0.29, 0.717) is 12.2 Å². The number of nitrogens with one attached hydrogen (secondary N) is 2. The molecule has 0 radical (unpaired) electrons. The molecule has 8 nitrogen and oxygen atoms in total. The summed E-state index contributed by atoms with van der Waals surface area (Å²) in [4.78, 5) is 17.0. The van der Waals surface area contributed by atoms with Crippen LogP contribution in [-0.2, 0) is 6.42 Å². The lowest BCUT2D eigenvalue weighted by atomic mass is 10.0. The molecule has 0 spiro atoms. The highest BCUT2D eigenvalue weighted by atomic mass is 15.1. The predicted octanol–water partition coefficient (Wildman–Crippen LogP) is 3.81. The van der Waals surface area contributed by atoms with Gasteiger partial charge in [0.25, 0.3) is 0 Å². The number of aromatic amines is 2. The number of imidazole rings is 2. The normalized spacial score (nSPS) is 13.5. The van der Waals surface area contributed by atoms with Crippen molar-refractivity contribution in [1.82, 2.24) is 34.7 Å². The maximum Gasteiger partial charge on any atom is 0.159 e. The van der Waals surface area contributed by atoms with E-state index in [0.717, 1.165) is 56.2 Å². The van der Waals surface area contributed by atoms with Crippen molar-refractivity contribution in [2.75, 3.05) is 0 Å². The van der Waals surface area contributed by atoms with E-state index in [2.05, 4.69) is 37.3 Å². The number of H-pyrrole nitrogens is 2. The minimum Gasteiger partial charge on any atom is -0.402 e. The van der Waals surface area contributed by atoms with Gasteiger partial charge in [-0.15, -0.1) is 0 Å². The zero-order valence-corrected chi connectivity index (χ0v) is 17.4. The van der Waals surface area contributed by atoms with Crippen molar-refractivity contribution in [1.29, 1.82) is 0 Å². The number of benzene rings is 1. The largest absolute Gasteiger partial charge is 0.402 e. The van der Waals surface area contributed by atoms with Crippen LogP contribution in [0.25, 0.3) is 39.2 Å². The molecule has 5 aromatic rings. The smallest absolute Gasteiger partial charge is 0.159 e. The molecule has 1 aromatic carbocycles. The van der Waals surface area contributed by atoms with Gasteiger partial charge in [-0.3, -0.25) is 10.1 Å². The Balaban J connectivity index is 1.49. The van der Waals surface area contributed by atoms with Crippen LogP contribution in [0.5, 0.6) is 0 Å². The molecule has 0 atom stereocenters. The highest BCUT2D eigenvalue weighted by Gasteiger charge is 2.21. The molecular weight excluding hydrogens is 400 g/mol. The molecule has 0 fully saturated rings. The number of rotatable bonds is 3. The van der Waals surface area contributed by atoms with Crippen LogP contribution in [0.15, 0.2) is 73.1 Å². The number of nitrogens with two attached hydrogens (primary N) is 1. The van der Waals surface area contributed by atoms with Gasteiger partial charge in [-0.05, 0) is 42.8 Å². The Morgan fingerprint density at radius 3 is 2.84 bits per heavy atom. The fourth-order valence-electron chi connectivity index (χ4n) is 4.06. The Hall–Kier alpha value is -4.46. The Bertz CT molecular complexity index is 1510. The van der Waals surface area contributed by atoms with E-state index in [4.69, 9.17) is 10.7 Å². The van der Waals surface area contributed by atoms with Gasteiger partial charge in [-0.1, -0.05) is 12.1 Å². The first-order valence-electron chi connectivity index (χ1n) is 10.3. The number of aryl methyl sites for hydroxylation is 1. The van der Waals surface area contributed by atoms with Gasteiger partial charge >= 0.3 is 0 Å². The molecule has 0 amide bonds. The Morgan fingerprint density at radius 2 is 2.03 bits per heavy atom. The van der Waals surface area contributed by atoms with Crippen LogP contribution in [0, 0.1) is 6.92 Å². The van der Waals surface area contributed by atoms with Crippen molar-refractivity contribution >= 4 is 16.6 Å². The summed E-state index contributed by atoms with van der Waals surface area (Å²) in [6, 6.07) is 10.2. The maximum atomic E-state index is 6.21. The van der Waals surface area contributed by atoms with Crippen molar-refractivity contribution < 1.29 is 0 Å². The molecule has 0 unspecified atom stereocenters. The Kier molecular flexibility index (Phi) is 4.04. The third kappa shape index (κ3) is 3.01. The highest BCUT2D eigenvalue weighted by Crippen LogP contribution is 2.32. The zero-order chi connectivity index (χ0) is 21.7. The van der Waals surface area contributed by atoms with E-state index in [1.807, 2.05) is 54.2 Å². The number of hydrogen-bond acceptors (Lipinski definition) is 5. The molecule has 1 aliphatic carbocycles. The molecule has 8 heteroatoms. The summed E-state index contributed by atoms with van der Waals surface area (Å²) >= 11 is 0. The summed E-state index contributed by atoms with van der Waals surface area (Å²) in [5.74, 6) is 0.696. The third-order valence-corrected chi connectivity index (χ3v) is 5.63. The summed E-state index contributed by atoms with van der Waals surface area (Å²) in [5, 5.41) is 8.68. The summed E-state index contributed by atoms with van der Waals surface area (Å²) in [6.07, 6.45) is 11.9. The standard InChI is InChI=1S/C24H20N8/c1-14-12-32(13-27-14)21-7-5-17(25)10-20-23(21)29-24(28-20)22-18-9-15(4-6-19(18)30-31-22)16-3-2-8-26-11-16/h2-9,11-13H,10,25H2,1H3,(H,28,29)(H,30,31). The molecule has 0 bridgehead atoms. The Morgan fingerprint density at radius 1 is 1.09 bits per heavy atom. The predicted molar refractivity (Wildman–Crippen MR) is 123 cm³/mol. The van der Waals surface area contributed by atoms with Gasteiger partial charge in [0.2, 0.25) is 0 Å². The second-order valence-electron chi connectivity index (χ2n) is 7.88. The molecule has 6 rings (SSSR count). The molecule has 156 valence electrons. The van der Waals surface area contributed by atoms with Crippen molar-refractivity contribution in [3.8, 4) is 22.6 Å². The van der Waals surface area contributed by atoms with Crippen molar-refractivity contribution in [3.05, 3.63) is 90.2 Å². The zero-order valence-electron chi connectivity index (χ0n) is 17.4. The van der Waals surface area contributed by atoms with E-state index in [9.17, 15) is 0 Å². The van der Waals surface area contributed by atoms with Crippen LogP contribution in [0.2, 0.25) is 0 Å². The van der Waals surface area contributed by atoms with Gasteiger partial charge in [0.05, 0.1) is 28.9 Å². The van der Waals surface area contributed by atoms with Crippen molar-refractivity contribution in [2.24, 2.45) is 5.73 Å². The van der Waals surface area contributed by atoms with Crippen LogP contribution >= 0.6 is 0 Å². The van der Waals surface area contributed by atoms with E-state index < -0.39 is 0 Å². The average molecular weight is 420 g/mol. The van der Waals surface area contributed by atoms with Crippen molar-refractivity contribution in [2.45, 2.75) is 13.3 Å². The monoisotopic (exact) mass is 420 g/mol. The summed E-state index contributed by atoms with van der Waals surface area (Å²) in [7, 11) is 0. The molecule has 32 heavy (non-hydrogen) atoms. The van der Waals surface area contributed by atoms with Gasteiger partial charge in [0.15, 0.2) is 5.82 Å². The van der Waals surface area contributed by atoms with Crippen molar-refractivity contribution in [3.63, 3.8) is 0 Å². The van der Waals surface area contributed by atoms with Gasteiger partial charge in [0, 0.05) is 41.7 Å². The molecule has 4 heterocycles. The second kappa shape index (κ2) is 7.05. The van der Waals surface area contributed by atoms with E-state index >= 15 is 0 Å². The van der Waals surface area contributed by atoms with Crippen LogP contribution in [0.1, 0.15) is 17.1 Å². The molecule has 4 N–H and O–H groups in total. The van der Waals surface area contributed by atoms with Crippen LogP contribution < -0.4 is 5.73 Å². The SMILES string of the molecule is Cc1cn(C2=CC=C(N)Cc3[nH]c(-c4n[nH]c5ccc(-c6cccnc6)cc45)nc32)cn1. The second-order valence-corrected chi connectivity index (χ2v) is 7.88. The Labute approximate surface area is 183 Å². The number of nitrogens with zero attached hydrogens (tertiary/aromatic N) is 5. The first-order valence-corrected chi connectivity index (χ1v) is 10.3. The van der Waals surface area contributed by atoms with E-state index in [1.165, 1.54) is 0 Å². The van der Waals surface area contributed by atoms with Crippen LogP contribution in [0.4, 0.5) is 0 Å². The van der Waals surface area contributed by atoms with Gasteiger partial charge in [0.1, 0.15) is 11.4 Å². The number of allylic oxidation sites excluding steroid dienone is 3. The molecule has 0 saturated heterocycles. The average Bonchev–Trinajstić information content (AvgIpc) is 3.51. The first-order chi connectivity index (χ1) is 15.7. The topological polar surface area (TPSA) is 114 Å². The number of hydrogen-bond donors (Lipinski definition) is 3. The summed E-state index contributed by atoms with van der Waals surface area (Å²) in [6.45, 7) is 1.96. The molecule has 1 aliphatic rings. The minimum absolute atomic E-state index is 0.583. The molecule has 0 aliphatic heterocycles. The quantitative estimate of drug-likeness (QED) is 0.411. The fourth-order valence-corrected chi connectivity index (χ4v) is 4.06. The summed E-state index contributed by atoms with van der Waals surface area (Å²) in [5.41, 5.74) is 14.5. The van der Waals surface area contributed by atoms with E-state index in [-0.39, 0.29) is 0 Å². The van der Waals surface area contributed by atoms with Crippen LogP contribution in [0.3, 0.4) is 0 Å². The van der Waals surface area contributed by atoms with Crippen LogP contribution in [-0.4, -0.2) is 34.7 Å². The lowest BCUT2D eigenvalue weighted by Crippen LogP contribution is -2.02. The fraction of sp³-hybridized carbons (Fsp3) is 0.0833. The lowest BCUT2D eigenvalue weighted by molar-refractivity contribution is 1.03. The highest BCUT2D eigenvalue weighted by molar-refractivity contribution is 5.94. The first kappa shape index (κ1) is 18.3. The summed E-state index contributed by atoms with van der Waals surface area (Å²) < 4.78 is 1.97. The maximum absolute atomic E-state index is 6.21. The van der Waals surface area contributed by atoms with E-state index in [1.54, 1.807) is 12.5 Å². The third-order valence-electron chi connectivity index (χ3n) is 5.63. The number of fused-ring (bicyclic) bond motifs is 2. The van der Waals surface area contributed by atoms with Gasteiger partial charge < -0.3 is 15.3 Å². The minimum atomic E-state index is 0.583. The molecule has 0 saturated carbocycles.